The number of benzene rings is 1. The average molecular weight is 367 g/mol. The SMILES string of the molecule is Cc1ccc(CC(C)(C)Cc2ccc(CC(=O)NCCC(C)C)cc2)cn1. The summed E-state index contributed by atoms with van der Waals surface area (Å²) in [5.41, 5.74) is 4.87. The first-order valence-electron chi connectivity index (χ1n) is 9.99. The minimum Gasteiger partial charge on any atom is -0.356 e. The van der Waals surface area contributed by atoms with Gasteiger partial charge in [0.1, 0.15) is 0 Å². The van der Waals surface area contributed by atoms with Crippen LogP contribution in [-0.4, -0.2) is 17.4 Å². The zero-order chi connectivity index (χ0) is 19.9. The zero-order valence-electron chi connectivity index (χ0n) is 17.5. The van der Waals surface area contributed by atoms with E-state index in [1.807, 2.05) is 13.1 Å². The number of nitrogens with one attached hydrogen (secondary N) is 1. The Hall–Kier alpha value is -2.16. The van der Waals surface area contributed by atoms with E-state index in [9.17, 15) is 4.79 Å². The molecule has 0 saturated carbocycles. The van der Waals surface area contributed by atoms with Crippen molar-refractivity contribution in [3.05, 3.63) is 65.0 Å². The van der Waals surface area contributed by atoms with Gasteiger partial charge in [0, 0.05) is 18.4 Å². The van der Waals surface area contributed by atoms with E-state index >= 15 is 0 Å². The molecule has 1 aromatic carbocycles. The van der Waals surface area contributed by atoms with E-state index in [2.05, 4.69) is 74.4 Å². The highest BCUT2D eigenvalue weighted by Gasteiger charge is 2.19. The molecule has 0 fully saturated rings. The summed E-state index contributed by atoms with van der Waals surface area (Å²) < 4.78 is 0. The molecule has 2 aromatic rings. The van der Waals surface area contributed by atoms with Gasteiger partial charge in [-0.15, -0.1) is 0 Å². The number of hydrogen-bond acceptors (Lipinski definition) is 2. The van der Waals surface area contributed by atoms with E-state index in [0.29, 0.717) is 12.3 Å². The maximum absolute atomic E-state index is 12.0. The Labute approximate surface area is 164 Å². The molecule has 0 aliphatic carbocycles. The number of rotatable bonds is 9. The fourth-order valence-corrected chi connectivity index (χ4v) is 3.29. The van der Waals surface area contributed by atoms with Gasteiger partial charge in [0.25, 0.3) is 0 Å². The first-order chi connectivity index (χ1) is 12.7. The first-order valence-corrected chi connectivity index (χ1v) is 9.99. The quantitative estimate of drug-likeness (QED) is 0.685. The Balaban J connectivity index is 1.86. The number of carbonyl (C=O) groups is 1. The van der Waals surface area contributed by atoms with E-state index in [0.717, 1.165) is 37.1 Å². The highest BCUT2D eigenvalue weighted by atomic mass is 16.1. The lowest BCUT2D eigenvalue weighted by Crippen LogP contribution is -2.26. The average Bonchev–Trinajstić information content (AvgIpc) is 2.58. The molecule has 2 rings (SSSR count). The van der Waals surface area contributed by atoms with Crippen LogP contribution in [0.1, 0.15) is 56.5 Å². The van der Waals surface area contributed by atoms with Crippen LogP contribution in [0.5, 0.6) is 0 Å². The monoisotopic (exact) mass is 366 g/mol. The molecule has 0 aliphatic rings. The fraction of sp³-hybridized carbons (Fsp3) is 0.500. The normalized spacial score (nSPS) is 11.6. The number of pyridine rings is 1. The molecule has 0 unspecified atom stereocenters. The van der Waals surface area contributed by atoms with Crippen molar-refractivity contribution in [1.82, 2.24) is 10.3 Å². The van der Waals surface area contributed by atoms with Crippen molar-refractivity contribution >= 4 is 5.91 Å². The van der Waals surface area contributed by atoms with Crippen molar-refractivity contribution in [2.24, 2.45) is 11.3 Å². The summed E-state index contributed by atoms with van der Waals surface area (Å²) in [6, 6.07) is 12.7. The molecule has 3 nitrogen and oxygen atoms in total. The predicted molar refractivity (Wildman–Crippen MR) is 113 cm³/mol. The van der Waals surface area contributed by atoms with Crippen LogP contribution in [-0.2, 0) is 24.1 Å². The highest BCUT2D eigenvalue weighted by Crippen LogP contribution is 2.27. The van der Waals surface area contributed by atoms with Gasteiger partial charge in [0.05, 0.1) is 6.42 Å². The van der Waals surface area contributed by atoms with Gasteiger partial charge in [-0.25, -0.2) is 0 Å². The van der Waals surface area contributed by atoms with E-state index < -0.39 is 0 Å². The number of carbonyl (C=O) groups excluding carboxylic acids is 1. The topological polar surface area (TPSA) is 42.0 Å². The smallest absolute Gasteiger partial charge is 0.224 e. The zero-order valence-corrected chi connectivity index (χ0v) is 17.5. The summed E-state index contributed by atoms with van der Waals surface area (Å²) in [6.45, 7) is 11.7. The van der Waals surface area contributed by atoms with Crippen LogP contribution < -0.4 is 5.32 Å². The summed E-state index contributed by atoms with van der Waals surface area (Å²) in [5, 5.41) is 3.00. The summed E-state index contributed by atoms with van der Waals surface area (Å²) in [7, 11) is 0. The maximum atomic E-state index is 12.0. The fourth-order valence-electron chi connectivity index (χ4n) is 3.29. The predicted octanol–water partition coefficient (Wildman–Crippen LogP) is 4.91. The van der Waals surface area contributed by atoms with Crippen LogP contribution in [0.15, 0.2) is 42.6 Å². The third-order valence-corrected chi connectivity index (χ3v) is 4.77. The summed E-state index contributed by atoms with van der Waals surface area (Å²) in [6.07, 6.45) is 5.47. The lowest BCUT2D eigenvalue weighted by atomic mass is 9.80. The Morgan fingerprint density at radius 1 is 1.00 bits per heavy atom. The van der Waals surface area contributed by atoms with Gasteiger partial charge in [-0.1, -0.05) is 58.0 Å². The van der Waals surface area contributed by atoms with Crippen LogP contribution in [0.2, 0.25) is 0 Å². The van der Waals surface area contributed by atoms with Crippen LogP contribution in [0, 0.1) is 18.3 Å². The van der Waals surface area contributed by atoms with Crippen molar-refractivity contribution in [2.75, 3.05) is 6.54 Å². The molecule has 0 aliphatic heterocycles. The molecule has 0 bridgehead atoms. The van der Waals surface area contributed by atoms with Gasteiger partial charge < -0.3 is 5.32 Å². The highest BCUT2D eigenvalue weighted by molar-refractivity contribution is 5.78. The number of aromatic nitrogens is 1. The lowest BCUT2D eigenvalue weighted by molar-refractivity contribution is -0.120. The second kappa shape index (κ2) is 9.68. The van der Waals surface area contributed by atoms with Gasteiger partial charge in [0.15, 0.2) is 0 Å². The van der Waals surface area contributed by atoms with Crippen LogP contribution in [0.4, 0.5) is 0 Å². The molecule has 0 saturated heterocycles. The number of aryl methyl sites for hydroxylation is 1. The number of hydrogen-bond donors (Lipinski definition) is 1. The van der Waals surface area contributed by atoms with Gasteiger partial charge in [0.2, 0.25) is 5.91 Å². The van der Waals surface area contributed by atoms with Gasteiger partial charge in [-0.2, -0.15) is 0 Å². The van der Waals surface area contributed by atoms with Crippen LogP contribution >= 0.6 is 0 Å². The first kappa shape index (κ1) is 21.1. The summed E-state index contributed by atoms with van der Waals surface area (Å²) >= 11 is 0. The van der Waals surface area contributed by atoms with Crippen molar-refractivity contribution in [2.45, 2.75) is 60.3 Å². The molecule has 1 aromatic heterocycles. The van der Waals surface area contributed by atoms with Gasteiger partial charge in [-0.05, 0) is 60.3 Å². The Morgan fingerprint density at radius 3 is 2.19 bits per heavy atom. The van der Waals surface area contributed by atoms with Crippen molar-refractivity contribution in [3.8, 4) is 0 Å². The lowest BCUT2D eigenvalue weighted by Gasteiger charge is -2.25. The van der Waals surface area contributed by atoms with E-state index in [1.165, 1.54) is 11.1 Å². The minimum absolute atomic E-state index is 0.107. The molecule has 146 valence electrons. The number of nitrogens with zero attached hydrogens (tertiary/aromatic N) is 1. The van der Waals surface area contributed by atoms with Crippen molar-refractivity contribution in [3.63, 3.8) is 0 Å². The van der Waals surface area contributed by atoms with Gasteiger partial charge >= 0.3 is 0 Å². The van der Waals surface area contributed by atoms with Crippen molar-refractivity contribution < 1.29 is 4.79 Å². The molecule has 0 spiro atoms. The third-order valence-electron chi connectivity index (χ3n) is 4.77. The van der Waals surface area contributed by atoms with E-state index in [-0.39, 0.29) is 11.3 Å². The molecule has 1 heterocycles. The molecule has 1 N–H and O–H groups in total. The summed E-state index contributed by atoms with van der Waals surface area (Å²) in [4.78, 5) is 16.4. The van der Waals surface area contributed by atoms with E-state index in [4.69, 9.17) is 0 Å². The Bertz CT molecular complexity index is 715. The maximum Gasteiger partial charge on any atom is 0.224 e. The standard InChI is InChI=1S/C24H34N2O/c1-18(2)12-13-25-23(27)14-20-8-10-21(11-9-20)15-24(4,5)16-22-7-6-19(3)26-17-22/h6-11,17-18H,12-16H2,1-5H3,(H,25,27). The molecule has 0 radical (unpaired) electrons. The molecule has 1 amide bonds. The van der Waals surface area contributed by atoms with E-state index in [1.54, 1.807) is 0 Å². The largest absolute Gasteiger partial charge is 0.356 e. The second-order valence-corrected chi connectivity index (χ2v) is 8.85. The van der Waals surface area contributed by atoms with Crippen molar-refractivity contribution in [1.29, 1.82) is 0 Å². The second-order valence-electron chi connectivity index (χ2n) is 8.85. The number of amides is 1. The molecular weight excluding hydrogens is 332 g/mol. The van der Waals surface area contributed by atoms with Gasteiger partial charge in [-0.3, -0.25) is 9.78 Å². The Morgan fingerprint density at radius 2 is 1.59 bits per heavy atom. The molecule has 3 heteroatoms. The molecular formula is C24H34N2O. The third kappa shape index (κ3) is 7.94. The van der Waals surface area contributed by atoms with Crippen LogP contribution in [0.3, 0.4) is 0 Å². The molecule has 27 heavy (non-hydrogen) atoms. The molecule has 0 atom stereocenters. The van der Waals surface area contributed by atoms with Crippen LogP contribution in [0.25, 0.3) is 0 Å². The summed E-state index contributed by atoms with van der Waals surface area (Å²) in [5.74, 6) is 0.722. The Kier molecular flexibility index (Phi) is 7.58. The minimum atomic E-state index is 0.107.